The number of nitro groups is 1. The van der Waals surface area contributed by atoms with Crippen LogP contribution in [-0.4, -0.2) is 9.91 Å². The molecule has 0 radical (unpaired) electrons. The van der Waals surface area contributed by atoms with E-state index in [0.717, 1.165) is 5.56 Å². The van der Waals surface area contributed by atoms with Gasteiger partial charge in [-0.05, 0) is 12.5 Å². The van der Waals surface area contributed by atoms with E-state index in [9.17, 15) is 14.9 Å². The van der Waals surface area contributed by atoms with Gasteiger partial charge in [-0.3, -0.25) is 14.9 Å². The smallest absolute Gasteiger partial charge is 0.293 e. The van der Waals surface area contributed by atoms with E-state index in [-0.39, 0.29) is 16.6 Å². The number of rotatable bonds is 1. The van der Waals surface area contributed by atoms with E-state index in [4.69, 9.17) is 0 Å². The number of hydrogen-bond acceptors (Lipinski definition) is 3. The van der Waals surface area contributed by atoms with Gasteiger partial charge in [0, 0.05) is 18.3 Å². The third kappa shape index (κ3) is 1.38. The summed E-state index contributed by atoms with van der Waals surface area (Å²) in [5, 5.41) is 11.1. The second kappa shape index (κ2) is 3.20. The highest BCUT2D eigenvalue weighted by Gasteiger charge is 2.14. The monoisotopic (exact) mass is 204 g/mol. The highest BCUT2D eigenvalue weighted by atomic mass is 16.6. The fraction of sp³-hybridized carbons (Fsp3) is 0.100. The summed E-state index contributed by atoms with van der Waals surface area (Å²) in [7, 11) is 0. The lowest BCUT2D eigenvalue weighted by atomic mass is 10.1. The second-order valence-electron chi connectivity index (χ2n) is 3.25. The number of non-ortho nitro benzene ring substituents is 1. The van der Waals surface area contributed by atoms with Gasteiger partial charge in [-0.2, -0.15) is 0 Å². The SMILES string of the molecule is Cc1ccc([N+](=O)[O-])c2[nH]ccc(=O)c12. The van der Waals surface area contributed by atoms with Crippen LogP contribution >= 0.6 is 0 Å². The Morgan fingerprint density at radius 2 is 2.07 bits per heavy atom. The minimum atomic E-state index is -0.502. The van der Waals surface area contributed by atoms with Crippen LogP contribution in [0.3, 0.4) is 0 Å². The Morgan fingerprint density at radius 1 is 1.33 bits per heavy atom. The number of nitrogens with one attached hydrogen (secondary N) is 1. The number of aromatic amines is 1. The average molecular weight is 204 g/mol. The lowest BCUT2D eigenvalue weighted by molar-refractivity contribution is -0.383. The number of aromatic nitrogens is 1. The zero-order chi connectivity index (χ0) is 11.0. The number of nitro benzene ring substituents is 1. The molecule has 1 N–H and O–H groups in total. The third-order valence-corrected chi connectivity index (χ3v) is 2.30. The molecule has 5 heteroatoms. The maximum atomic E-state index is 11.5. The van der Waals surface area contributed by atoms with Crippen LogP contribution in [0.15, 0.2) is 29.2 Å². The van der Waals surface area contributed by atoms with E-state index in [1.165, 1.54) is 18.3 Å². The van der Waals surface area contributed by atoms with Gasteiger partial charge in [-0.25, -0.2) is 0 Å². The minimum absolute atomic E-state index is 0.0756. The van der Waals surface area contributed by atoms with E-state index < -0.39 is 4.92 Å². The molecule has 0 aliphatic rings. The van der Waals surface area contributed by atoms with Crippen molar-refractivity contribution in [3.8, 4) is 0 Å². The maximum Gasteiger partial charge on any atom is 0.293 e. The van der Waals surface area contributed by atoms with Crippen LogP contribution in [0.2, 0.25) is 0 Å². The van der Waals surface area contributed by atoms with E-state index in [2.05, 4.69) is 4.98 Å². The van der Waals surface area contributed by atoms with Crippen LogP contribution in [0.5, 0.6) is 0 Å². The van der Waals surface area contributed by atoms with Crippen molar-refractivity contribution in [2.75, 3.05) is 0 Å². The summed E-state index contributed by atoms with van der Waals surface area (Å²) in [4.78, 5) is 24.5. The van der Waals surface area contributed by atoms with Crippen molar-refractivity contribution in [1.82, 2.24) is 4.98 Å². The number of H-pyrrole nitrogens is 1. The molecule has 1 aromatic heterocycles. The highest BCUT2D eigenvalue weighted by molar-refractivity contribution is 5.89. The van der Waals surface area contributed by atoms with Crippen LogP contribution in [0.4, 0.5) is 5.69 Å². The zero-order valence-electron chi connectivity index (χ0n) is 7.98. The molecule has 0 aliphatic carbocycles. The van der Waals surface area contributed by atoms with Crippen molar-refractivity contribution in [2.24, 2.45) is 0 Å². The molecule has 0 aliphatic heterocycles. The van der Waals surface area contributed by atoms with Crippen LogP contribution in [0, 0.1) is 17.0 Å². The Labute approximate surface area is 84.5 Å². The normalized spacial score (nSPS) is 10.5. The number of benzene rings is 1. The van der Waals surface area contributed by atoms with Gasteiger partial charge in [-0.15, -0.1) is 0 Å². The van der Waals surface area contributed by atoms with Crippen molar-refractivity contribution in [1.29, 1.82) is 0 Å². The molecule has 2 rings (SSSR count). The van der Waals surface area contributed by atoms with Crippen LogP contribution in [0.25, 0.3) is 10.9 Å². The lowest BCUT2D eigenvalue weighted by Crippen LogP contribution is -2.04. The Morgan fingerprint density at radius 3 is 2.73 bits per heavy atom. The summed E-state index contributed by atoms with van der Waals surface area (Å²) in [5.41, 5.74) is 0.739. The third-order valence-electron chi connectivity index (χ3n) is 2.30. The summed E-state index contributed by atoms with van der Waals surface area (Å²) in [6, 6.07) is 4.34. The van der Waals surface area contributed by atoms with Gasteiger partial charge in [0.25, 0.3) is 5.69 Å². The van der Waals surface area contributed by atoms with Gasteiger partial charge in [-0.1, -0.05) is 6.07 Å². The topological polar surface area (TPSA) is 76.0 Å². The van der Waals surface area contributed by atoms with Gasteiger partial charge in [0.1, 0.15) is 5.52 Å². The quantitative estimate of drug-likeness (QED) is 0.567. The van der Waals surface area contributed by atoms with Crippen LogP contribution in [-0.2, 0) is 0 Å². The molecule has 0 amide bonds. The van der Waals surface area contributed by atoms with Crippen LogP contribution in [0.1, 0.15) is 5.56 Å². The number of pyridine rings is 1. The molecule has 0 saturated carbocycles. The molecule has 0 bridgehead atoms. The number of nitrogens with zero attached hydrogens (tertiary/aromatic N) is 1. The predicted molar refractivity (Wildman–Crippen MR) is 56.0 cm³/mol. The van der Waals surface area contributed by atoms with Gasteiger partial charge in [0.2, 0.25) is 0 Å². The molecule has 0 saturated heterocycles. The van der Waals surface area contributed by atoms with Crippen molar-refractivity contribution in [3.63, 3.8) is 0 Å². The Bertz CT molecular complexity index is 601. The largest absolute Gasteiger partial charge is 0.355 e. The van der Waals surface area contributed by atoms with Gasteiger partial charge in [0.05, 0.1) is 10.3 Å². The number of hydrogen-bond donors (Lipinski definition) is 1. The molecule has 1 heterocycles. The van der Waals surface area contributed by atoms with Crippen molar-refractivity contribution >= 4 is 16.6 Å². The Hall–Kier alpha value is -2.17. The van der Waals surface area contributed by atoms with E-state index in [0.29, 0.717) is 5.39 Å². The van der Waals surface area contributed by atoms with E-state index >= 15 is 0 Å². The lowest BCUT2D eigenvalue weighted by Gasteiger charge is -2.01. The number of fused-ring (bicyclic) bond motifs is 1. The maximum absolute atomic E-state index is 11.5. The molecule has 2 aromatic rings. The summed E-state index contributed by atoms with van der Waals surface area (Å²) in [6.07, 6.45) is 1.41. The summed E-state index contributed by atoms with van der Waals surface area (Å²) >= 11 is 0. The van der Waals surface area contributed by atoms with Crippen molar-refractivity contribution in [2.45, 2.75) is 6.92 Å². The fourth-order valence-corrected chi connectivity index (χ4v) is 1.60. The van der Waals surface area contributed by atoms with Gasteiger partial charge < -0.3 is 4.98 Å². The van der Waals surface area contributed by atoms with Gasteiger partial charge in [0.15, 0.2) is 5.43 Å². The van der Waals surface area contributed by atoms with E-state index in [1.807, 2.05) is 0 Å². The molecular weight excluding hydrogens is 196 g/mol. The van der Waals surface area contributed by atoms with Crippen molar-refractivity contribution in [3.05, 3.63) is 50.3 Å². The molecule has 0 fully saturated rings. The van der Waals surface area contributed by atoms with Crippen LogP contribution < -0.4 is 5.43 Å². The Kier molecular flexibility index (Phi) is 2.00. The molecule has 15 heavy (non-hydrogen) atoms. The minimum Gasteiger partial charge on any atom is -0.355 e. The molecular formula is C10H8N2O3. The molecule has 0 spiro atoms. The van der Waals surface area contributed by atoms with E-state index in [1.54, 1.807) is 13.0 Å². The molecule has 0 atom stereocenters. The molecule has 0 unspecified atom stereocenters. The first-order valence-corrected chi connectivity index (χ1v) is 4.36. The standard InChI is InChI=1S/C10H8N2O3/c1-6-2-3-7(12(14)15)10-9(6)8(13)4-5-11-10/h2-5H,1H3,(H,11,13). The summed E-state index contributed by atoms with van der Waals surface area (Å²) < 4.78 is 0. The molecule has 1 aromatic carbocycles. The summed E-state index contributed by atoms with van der Waals surface area (Å²) in [5.74, 6) is 0. The fourth-order valence-electron chi connectivity index (χ4n) is 1.60. The second-order valence-corrected chi connectivity index (χ2v) is 3.25. The predicted octanol–water partition coefficient (Wildman–Crippen LogP) is 1.74. The molecule has 5 nitrogen and oxygen atoms in total. The number of aryl methyl sites for hydroxylation is 1. The zero-order valence-corrected chi connectivity index (χ0v) is 7.98. The van der Waals surface area contributed by atoms with Crippen molar-refractivity contribution < 1.29 is 4.92 Å². The highest BCUT2D eigenvalue weighted by Crippen LogP contribution is 2.23. The summed E-state index contributed by atoms with van der Waals surface area (Å²) in [6.45, 7) is 1.75. The molecule has 76 valence electrons. The van der Waals surface area contributed by atoms with Gasteiger partial charge >= 0.3 is 0 Å². The first-order chi connectivity index (χ1) is 7.11. The average Bonchev–Trinajstić information content (AvgIpc) is 2.17. The first kappa shape index (κ1) is 9.39. The first-order valence-electron chi connectivity index (χ1n) is 4.36. The Balaban J connectivity index is 3.01.